The van der Waals surface area contributed by atoms with Crippen LogP contribution >= 0.6 is 11.8 Å². The van der Waals surface area contributed by atoms with Gasteiger partial charge in [0.2, 0.25) is 5.12 Å². The highest BCUT2D eigenvalue weighted by molar-refractivity contribution is 8.03. The van der Waals surface area contributed by atoms with Crippen LogP contribution in [-0.2, 0) is 0 Å². The van der Waals surface area contributed by atoms with Crippen LogP contribution in [0.4, 0.5) is 0 Å². The van der Waals surface area contributed by atoms with E-state index in [2.05, 4.69) is 0 Å². The third-order valence-corrected chi connectivity index (χ3v) is 1.55. The molecule has 0 aromatic rings. The van der Waals surface area contributed by atoms with E-state index < -0.39 is 5.12 Å². The maximum Gasteiger partial charge on any atom is 0.241 e. The van der Waals surface area contributed by atoms with E-state index in [9.17, 15) is 0 Å². The van der Waals surface area contributed by atoms with Crippen LogP contribution in [0.15, 0.2) is 23.3 Å². The zero-order chi connectivity index (χ0) is 6.91. The summed E-state index contributed by atoms with van der Waals surface area (Å²) >= 11 is 0.818. The van der Waals surface area contributed by atoms with Crippen molar-refractivity contribution in [2.24, 2.45) is 0 Å². The number of hydrogen-bond acceptors (Lipinski definition) is 4. The Bertz CT molecular complexity index is 171. The van der Waals surface area contributed by atoms with E-state index in [0.717, 1.165) is 17.8 Å². The van der Waals surface area contributed by atoms with Crippen molar-refractivity contribution in [2.75, 3.05) is 0 Å². The van der Waals surface area contributed by atoms with Crippen LogP contribution < -0.4 is 0 Å². The molecule has 0 spiro atoms. The average molecular weight is 146 g/mol. The summed E-state index contributed by atoms with van der Waals surface area (Å²) in [7, 11) is 0. The molecule has 0 bridgehead atoms. The van der Waals surface area contributed by atoms with Crippen LogP contribution in [0.5, 0.6) is 0 Å². The van der Waals surface area contributed by atoms with Gasteiger partial charge in [0.25, 0.3) is 0 Å². The second-order valence-electron chi connectivity index (χ2n) is 1.65. The van der Waals surface area contributed by atoms with E-state index >= 15 is 0 Å². The smallest absolute Gasteiger partial charge is 0.241 e. The minimum atomic E-state index is -1.93. The molecule has 0 radical (unpaired) electrons. The first-order valence-corrected chi connectivity index (χ1v) is 3.19. The monoisotopic (exact) mass is 146 g/mol. The Morgan fingerprint density at radius 1 is 1.44 bits per heavy atom. The van der Waals surface area contributed by atoms with Gasteiger partial charge in [0.05, 0.1) is 0 Å². The Morgan fingerprint density at radius 3 is 2.44 bits per heavy atom. The topological polar surface area (TPSA) is 60.7 Å². The van der Waals surface area contributed by atoms with Crippen molar-refractivity contribution in [2.45, 2.75) is 5.12 Å². The molecule has 4 heteroatoms. The molecule has 50 valence electrons. The Kier molecular flexibility index (Phi) is 1.52. The first-order chi connectivity index (χ1) is 4.10. The van der Waals surface area contributed by atoms with E-state index in [-0.39, 0.29) is 5.76 Å². The van der Waals surface area contributed by atoms with Crippen molar-refractivity contribution in [1.82, 2.24) is 0 Å². The van der Waals surface area contributed by atoms with Crippen molar-refractivity contribution >= 4 is 11.8 Å². The largest absolute Gasteiger partial charge is 0.508 e. The van der Waals surface area contributed by atoms with Crippen LogP contribution in [-0.4, -0.2) is 20.4 Å². The zero-order valence-corrected chi connectivity index (χ0v) is 5.30. The second kappa shape index (κ2) is 2.06. The number of allylic oxidation sites excluding steroid dienone is 1. The third kappa shape index (κ3) is 1.74. The van der Waals surface area contributed by atoms with E-state index in [1.165, 1.54) is 11.5 Å². The first kappa shape index (κ1) is 6.67. The highest BCUT2D eigenvalue weighted by Crippen LogP contribution is 2.26. The number of hydrogen-bond donors (Lipinski definition) is 3. The summed E-state index contributed by atoms with van der Waals surface area (Å²) in [6.07, 6.45) is 2.34. The Morgan fingerprint density at radius 2 is 2.11 bits per heavy atom. The van der Waals surface area contributed by atoms with E-state index in [1.807, 2.05) is 0 Å². The quantitative estimate of drug-likeness (QED) is 0.431. The number of rotatable bonds is 0. The van der Waals surface area contributed by atoms with Crippen molar-refractivity contribution < 1.29 is 15.3 Å². The summed E-state index contributed by atoms with van der Waals surface area (Å²) < 4.78 is 0. The summed E-state index contributed by atoms with van der Waals surface area (Å²) in [5.74, 6) is -0.126. The minimum Gasteiger partial charge on any atom is -0.508 e. The molecule has 0 saturated heterocycles. The Balaban J connectivity index is 2.78. The predicted molar refractivity (Wildman–Crippen MR) is 34.6 cm³/mol. The second-order valence-corrected chi connectivity index (χ2v) is 2.76. The van der Waals surface area contributed by atoms with Gasteiger partial charge in [-0.3, -0.25) is 0 Å². The van der Waals surface area contributed by atoms with Crippen LogP contribution in [0, 0.1) is 0 Å². The van der Waals surface area contributed by atoms with Crippen LogP contribution in [0.2, 0.25) is 0 Å². The summed E-state index contributed by atoms with van der Waals surface area (Å²) in [5, 5.41) is 25.7. The summed E-state index contributed by atoms with van der Waals surface area (Å²) in [5.41, 5.74) is 0. The molecule has 1 aliphatic rings. The standard InChI is InChI=1S/C5H6O3S/c6-4-1-2-9-5(7,8)3-4/h1-3,6-8H. The van der Waals surface area contributed by atoms with Crippen LogP contribution in [0.25, 0.3) is 0 Å². The van der Waals surface area contributed by atoms with Crippen molar-refractivity contribution in [3.63, 3.8) is 0 Å². The lowest BCUT2D eigenvalue weighted by atomic mass is 10.4. The van der Waals surface area contributed by atoms with Gasteiger partial charge in [-0.05, 0) is 11.5 Å². The van der Waals surface area contributed by atoms with Crippen LogP contribution in [0.3, 0.4) is 0 Å². The summed E-state index contributed by atoms with van der Waals surface area (Å²) in [6, 6.07) is 0. The SMILES string of the molecule is OC1=CC(O)(O)SC=C1. The molecule has 0 unspecified atom stereocenters. The fourth-order valence-corrected chi connectivity index (χ4v) is 1.08. The fourth-order valence-electron chi connectivity index (χ4n) is 0.479. The summed E-state index contributed by atoms with van der Waals surface area (Å²) in [6.45, 7) is 0. The molecule has 0 aromatic carbocycles. The molecule has 3 nitrogen and oxygen atoms in total. The van der Waals surface area contributed by atoms with Gasteiger partial charge in [0.1, 0.15) is 5.76 Å². The van der Waals surface area contributed by atoms with Gasteiger partial charge in [-0.2, -0.15) is 0 Å². The molecule has 0 aromatic heterocycles. The lowest BCUT2D eigenvalue weighted by Gasteiger charge is -2.16. The summed E-state index contributed by atoms with van der Waals surface area (Å²) in [4.78, 5) is 0. The maximum absolute atomic E-state index is 8.78. The maximum atomic E-state index is 8.78. The van der Waals surface area contributed by atoms with Crippen LogP contribution in [0.1, 0.15) is 0 Å². The van der Waals surface area contributed by atoms with E-state index in [0.29, 0.717) is 0 Å². The molecule has 9 heavy (non-hydrogen) atoms. The van der Waals surface area contributed by atoms with Gasteiger partial charge in [-0.25, -0.2) is 0 Å². The minimum absolute atomic E-state index is 0.126. The van der Waals surface area contributed by atoms with E-state index in [4.69, 9.17) is 15.3 Å². The van der Waals surface area contributed by atoms with E-state index in [1.54, 1.807) is 0 Å². The third-order valence-electron chi connectivity index (χ3n) is 0.816. The lowest BCUT2D eigenvalue weighted by molar-refractivity contribution is -0.0345. The Hall–Kier alpha value is -0.450. The highest BCUT2D eigenvalue weighted by Gasteiger charge is 2.22. The van der Waals surface area contributed by atoms with Gasteiger partial charge in [0, 0.05) is 6.08 Å². The molecule has 0 saturated carbocycles. The molecule has 1 rings (SSSR count). The molecule has 1 heterocycles. The van der Waals surface area contributed by atoms with Crippen molar-refractivity contribution in [3.8, 4) is 0 Å². The molecule has 3 N–H and O–H groups in total. The predicted octanol–water partition coefficient (Wildman–Crippen LogP) is 0.327. The molecule has 0 atom stereocenters. The molecule has 0 fully saturated rings. The van der Waals surface area contributed by atoms with Crippen molar-refractivity contribution in [3.05, 3.63) is 23.3 Å². The molecule has 0 aliphatic carbocycles. The molecule has 0 amide bonds. The normalized spacial score (nSPS) is 23.6. The fraction of sp³-hybridized carbons (Fsp3) is 0.200. The van der Waals surface area contributed by atoms with Gasteiger partial charge >= 0.3 is 0 Å². The zero-order valence-electron chi connectivity index (χ0n) is 4.48. The lowest BCUT2D eigenvalue weighted by Crippen LogP contribution is -2.20. The average Bonchev–Trinajstić information content (AvgIpc) is 1.60. The molecule has 1 aliphatic heterocycles. The highest BCUT2D eigenvalue weighted by atomic mass is 32.2. The number of thioether (sulfide) groups is 1. The molecular formula is C5H6O3S. The number of aliphatic hydroxyl groups is 3. The van der Waals surface area contributed by atoms with Gasteiger partial charge < -0.3 is 15.3 Å². The first-order valence-electron chi connectivity index (χ1n) is 2.31. The Labute approximate surface area is 56.3 Å². The van der Waals surface area contributed by atoms with Gasteiger partial charge in [0.15, 0.2) is 0 Å². The van der Waals surface area contributed by atoms with Crippen molar-refractivity contribution in [1.29, 1.82) is 0 Å². The molecular weight excluding hydrogens is 140 g/mol. The number of aliphatic hydroxyl groups excluding tert-OH is 1. The van der Waals surface area contributed by atoms with Gasteiger partial charge in [-0.15, -0.1) is 0 Å². The van der Waals surface area contributed by atoms with Gasteiger partial charge in [-0.1, -0.05) is 11.8 Å².